The zero-order valence-corrected chi connectivity index (χ0v) is 26.6. The summed E-state index contributed by atoms with van der Waals surface area (Å²) in [6.45, 7) is 0. The molecule has 10 aliphatic heterocycles. The van der Waals surface area contributed by atoms with E-state index in [9.17, 15) is 5.11 Å². The molecule has 16 heteroatoms. The molecule has 0 amide bonds. The van der Waals surface area contributed by atoms with E-state index in [1.165, 1.54) is 0 Å². The maximum Gasteiger partial charge on any atom is 1.00 e. The Kier molecular flexibility index (Phi) is 4.78. The third-order valence-corrected chi connectivity index (χ3v) is 11.3. The van der Waals surface area contributed by atoms with Crippen LogP contribution in [0, 0.1) is 0 Å². The minimum atomic E-state index is -2.16. The number of hydrogen-bond acceptors (Lipinski definition) is 15. The van der Waals surface area contributed by atoms with Gasteiger partial charge in [0.15, 0.2) is 0 Å². The van der Waals surface area contributed by atoms with Crippen molar-refractivity contribution in [3.63, 3.8) is 0 Å². The fourth-order valence-corrected chi connectivity index (χ4v) is 8.16. The monoisotopic (exact) mass is 660 g/mol. The summed E-state index contributed by atoms with van der Waals surface area (Å²) in [7, 11) is 0. The Morgan fingerprint density at radius 2 is 0.723 bits per heavy atom. The minimum Gasteiger partial charge on any atom is -0.823 e. The molecular weight excluding hydrogens is 635 g/mol. The fraction of sp³-hybridized carbons (Fsp3) is 0.677. The Hall–Kier alpha value is -0.900. The summed E-state index contributed by atoms with van der Waals surface area (Å²) in [6.07, 6.45) is 14.8. The van der Waals surface area contributed by atoms with Crippen LogP contribution in [0.4, 0.5) is 0 Å². The molecule has 20 unspecified atom stereocenters. The Bertz CT molecular complexity index is 1490. The van der Waals surface area contributed by atoms with Gasteiger partial charge in [0.05, 0.1) is 0 Å². The molecule has 0 bridgehead atoms. The number of ether oxygens (including phenoxy) is 14. The number of fused-ring (bicyclic) bond motifs is 15. The van der Waals surface area contributed by atoms with Gasteiger partial charge in [0.1, 0.15) is 91.6 Å². The van der Waals surface area contributed by atoms with Crippen LogP contribution in [-0.2, 0) is 66.3 Å². The molecule has 5 aliphatic carbocycles. The van der Waals surface area contributed by atoms with Crippen LogP contribution in [-0.4, -0.2) is 127 Å². The van der Waals surface area contributed by atoms with Gasteiger partial charge in [0, 0.05) is 5.79 Å². The van der Waals surface area contributed by atoms with Crippen molar-refractivity contribution >= 4 is 0 Å². The van der Waals surface area contributed by atoms with Crippen LogP contribution >= 0.6 is 0 Å². The second kappa shape index (κ2) is 8.09. The first-order valence-corrected chi connectivity index (χ1v) is 15.9. The normalized spacial score (nSPS) is 66.5. The molecule has 10 fully saturated rings. The SMILES string of the molecule is C1=CC2(OC(OC34C=CC5OC5C3O4)(OC34C=CC5OC5C3O4)OC34C=CC5OC5C3O4)OC2C2OC12.[Na+].[O-]C12C=CC3OC3C1O2. The average molecular weight is 661 g/mol. The molecular formula is C31H25NaO15. The van der Waals surface area contributed by atoms with Crippen molar-refractivity contribution < 1.29 is 101 Å². The number of hydrogen-bond donors (Lipinski definition) is 0. The summed E-state index contributed by atoms with van der Waals surface area (Å²) in [5.74, 6) is -5.84. The van der Waals surface area contributed by atoms with Crippen LogP contribution in [0.2, 0.25) is 0 Å². The topological polar surface area (TPSA) is 185 Å². The summed E-state index contributed by atoms with van der Waals surface area (Å²) < 4.78 is 83.5. The van der Waals surface area contributed by atoms with Crippen LogP contribution in [0.25, 0.3) is 0 Å². The van der Waals surface area contributed by atoms with Gasteiger partial charge in [-0.15, -0.1) is 0 Å². The van der Waals surface area contributed by atoms with Gasteiger partial charge < -0.3 is 52.5 Å². The van der Waals surface area contributed by atoms with E-state index in [4.69, 9.17) is 66.3 Å². The van der Waals surface area contributed by atoms with Crippen molar-refractivity contribution in [2.75, 3.05) is 0 Å². The van der Waals surface area contributed by atoms with Gasteiger partial charge in [0.2, 0.25) is 23.1 Å². The van der Waals surface area contributed by atoms with Gasteiger partial charge in [-0.25, -0.2) is 0 Å². The summed E-state index contributed by atoms with van der Waals surface area (Å²) in [5.41, 5.74) is 0. The Morgan fingerprint density at radius 1 is 0.426 bits per heavy atom. The zero-order valence-electron chi connectivity index (χ0n) is 24.6. The first-order valence-electron chi connectivity index (χ1n) is 15.9. The largest absolute Gasteiger partial charge is 1.00 e. The summed E-state index contributed by atoms with van der Waals surface area (Å²) in [5, 5.41) is 11.0. The molecule has 20 atom stereocenters. The van der Waals surface area contributed by atoms with E-state index in [0.29, 0.717) is 0 Å². The smallest absolute Gasteiger partial charge is 0.823 e. The molecule has 0 aromatic heterocycles. The molecule has 15 rings (SSSR count). The van der Waals surface area contributed by atoms with E-state index in [2.05, 4.69) is 0 Å². The molecule has 0 N–H and O–H groups in total. The van der Waals surface area contributed by atoms with E-state index < -0.39 is 35.1 Å². The Labute approximate surface area is 287 Å². The predicted molar refractivity (Wildman–Crippen MR) is 134 cm³/mol. The predicted octanol–water partition coefficient (Wildman–Crippen LogP) is -4.82. The van der Waals surface area contributed by atoms with Crippen LogP contribution in [0.1, 0.15) is 0 Å². The molecule has 0 radical (unpaired) electrons. The van der Waals surface area contributed by atoms with Crippen LogP contribution in [0.15, 0.2) is 60.8 Å². The molecule has 0 spiro atoms. The minimum absolute atomic E-state index is 0. The zero-order chi connectivity index (χ0) is 29.6. The quantitative estimate of drug-likeness (QED) is 0.104. The van der Waals surface area contributed by atoms with Crippen molar-refractivity contribution in [1.82, 2.24) is 0 Å². The van der Waals surface area contributed by atoms with Crippen molar-refractivity contribution in [2.45, 2.75) is 127 Å². The van der Waals surface area contributed by atoms with E-state index in [-0.39, 0.29) is 121 Å². The summed E-state index contributed by atoms with van der Waals surface area (Å²) in [4.78, 5) is 0. The third-order valence-electron chi connectivity index (χ3n) is 11.3. The average Bonchev–Trinajstić information content (AvgIpc) is 3.82. The molecule has 15 nitrogen and oxygen atoms in total. The fourth-order valence-electron chi connectivity index (χ4n) is 8.16. The molecule has 10 saturated heterocycles. The molecule has 240 valence electrons. The number of rotatable bonds is 8. The van der Waals surface area contributed by atoms with E-state index in [0.717, 1.165) is 0 Å². The maximum absolute atomic E-state index is 11.0. The first-order chi connectivity index (χ1) is 22.3. The molecule has 0 aromatic carbocycles. The molecule has 47 heavy (non-hydrogen) atoms. The molecule has 15 aliphatic rings. The first kappa shape index (κ1) is 27.8. The van der Waals surface area contributed by atoms with Crippen molar-refractivity contribution in [3.8, 4) is 0 Å². The maximum atomic E-state index is 11.0. The van der Waals surface area contributed by atoms with Crippen molar-refractivity contribution in [2.24, 2.45) is 0 Å². The number of epoxide rings is 10. The van der Waals surface area contributed by atoms with Crippen LogP contribution in [0.3, 0.4) is 0 Å². The van der Waals surface area contributed by atoms with Crippen molar-refractivity contribution in [1.29, 1.82) is 0 Å². The van der Waals surface area contributed by atoms with Gasteiger partial charge in [-0.05, 0) is 24.3 Å². The van der Waals surface area contributed by atoms with Gasteiger partial charge in [-0.1, -0.05) is 36.5 Å². The van der Waals surface area contributed by atoms with Gasteiger partial charge in [-0.2, -0.15) is 0 Å². The van der Waals surface area contributed by atoms with Crippen LogP contribution < -0.4 is 34.7 Å². The molecule has 10 heterocycles. The van der Waals surface area contributed by atoms with E-state index in [1.807, 2.05) is 48.6 Å². The molecule has 0 saturated carbocycles. The van der Waals surface area contributed by atoms with Gasteiger partial charge in [-0.3, -0.25) is 18.9 Å². The standard InChI is InChI=1S/C25H20O12.C6H5O3.Na/c1-5-21(17(30-21)13-9(1)26-13)34-25(35-22-6-2-10-14(27-10)18(22)31-22,36-23-7-3-11-15(28-11)19(23)32-23)37-24-8-4-12-16(29-12)20(24)33-24;7-6-2-1-3-4(8-3)5(6)9-6;/h1-20H;1-5H;/q;-1;+1. The second-order valence-electron chi connectivity index (χ2n) is 14.3. The second-order valence-corrected chi connectivity index (χ2v) is 14.3. The summed E-state index contributed by atoms with van der Waals surface area (Å²) in [6, 6.07) is 0. The van der Waals surface area contributed by atoms with Crippen molar-refractivity contribution in [3.05, 3.63) is 60.8 Å². The Balaban J connectivity index is 0.000000214. The Morgan fingerprint density at radius 3 is 1.04 bits per heavy atom. The van der Waals surface area contributed by atoms with Gasteiger partial charge in [0.25, 0.3) is 0 Å². The van der Waals surface area contributed by atoms with Crippen LogP contribution in [0.5, 0.6) is 0 Å². The van der Waals surface area contributed by atoms with E-state index in [1.54, 1.807) is 12.2 Å². The van der Waals surface area contributed by atoms with Gasteiger partial charge >= 0.3 is 35.7 Å². The summed E-state index contributed by atoms with van der Waals surface area (Å²) >= 11 is 0. The third kappa shape index (κ3) is 3.82. The molecule has 0 aromatic rings. The van der Waals surface area contributed by atoms with E-state index >= 15 is 0 Å².